The normalized spacial score (nSPS) is 11.6. The number of imidazole rings is 1. The Kier molecular flexibility index (Phi) is 4.30. The van der Waals surface area contributed by atoms with Gasteiger partial charge in [0.2, 0.25) is 5.16 Å². The van der Waals surface area contributed by atoms with Crippen LogP contribution in [0.2, 0.25) is 0 Å². The number of halogens is 1. The molecule has 0 fully saturated rings. The molecule has 0 saturated carbocycles. The molecular weight excluding hydrogens is 337 g/mol. The van der Waals surface area contributed by atoms with Gasteiger partial charge in [-0.05, 0) is 35.9 Å². The Morgan fingerprint density at radius 2 is 1.96 bits per heavy atom. The predicted octanol–water partition coefficient (Wildman–Crippen LogP) is 4.05. The molecule has 0 radical (unpaired) electrons. The molecule has 1 aromatic carbocycles. The van der Waals surface area contributed by atoms with Crippen molar-refractivity contribution < 1.29 is 4.39 Å². The third-order valence-electron chi connectivity index (χ3n) is 3.55. The van der Waals surface area contributed by atoms with Crippen molar-refractivity contribution in [2.45, 2.75) is 10.9 Å². The maximum atomic E-state index is 12.9. The third-order valence-corrected chi connectivity index (χ3v) is 4.43. The summed E-state index contributed by atoms with van der Waals surface area (Å²) in [5.41, 5.74) is 2.80. The first-order valence-electron chi connectivity index (χ1n) is 7.68. The lowest BCUT2D eigenvalue weighted by Crippen LogP contribution is -1.81. The molecule has 0 aliphatic heterocycles. The number of thioether (sulfide) groups is 1. The van der Waals surface area contributed by atoms with Gasteiger partial charge in [-0.2, -0.15) is 0 Å². The van der Waals surface area contributed by atoms with Crippen LogP contribution < -0.4 is 0 Å². The molecular formula is C18H14FN5S. The number of fused-ring (bicyclic) bond motifs is 1. The largest absolute Gasteiger partial charge is 0.307 e. The molecule has 0 bridgehead atoms. The average Bonchev–Trinajstić information content (AvgIpc) is 3.25. The van der Waals surface area contributed by atoms with Crippen molar-refractivity contribution in [3.63, 3.8) is 0 Å². The van der Waals surface area contributed by atoms with E-state index < -0.39 is 0 Å². The fourth-order valence-electron chi connectivity index (χ4n) is 2.34. The second-order valence-electron chi connectivity index (χ2n) is 5.38. The second-order valence-corrected chi connectivity index (χ2v) is 6.32. The highest BCUT2D eigenvalue weighted by atomic mass is 32.2. The third kappa shape index (κ3) is 3.77. The number of aromatic nitrogens is 5. The molecule has 5 nitrogen and oxygen atoms in total. The van der Waals surface area contributed by atoms with E-state index in [1.54, 1.807) is 12.1 Å². The fraction of sp³-hybridized carbons (Fsp3) is 0.0556. The number of pyridine rings is 1. The molecule has 0 amide bonds. The SMILES string of the molecule is Fc1ccc(/C=C/c2nc(SCc3cn4ccccc4n3)n[nH]2)cc1. The average molecular weight is 351 g/mol. The Balaban J connectivity index is 1.40. The van der Waals surface area contributed by atoms with Gasteiger partial charge in [0.1, 0.15) is 17.3 Å². The van der Waals surface area contributed by atoms with Gasteiger partial charge in [-0.25, -0.2) is 14.4 Å². The van der Waals surface area contributed by atoms with Crippen LogP contribution in [0.15, 0.2) is 60.0 Å². The highest BCUT2D eigenvalue weighted by Gasteiger charge is 2.05. The Hall–Kier alpha value is -2.93. The molecule has 0 unspecified atom stereocenters. The van der Waals surface area contributed by atoms with E-state index in [1.165, 1.54) is 23.9 Å². The lowest BCUT2D eigenvalue weighted by molar-refractivity contribution is 0.628. The van der Waals surface area contributed by atoms with Crippen molar-refractivity contribution in [3.05, 3.63) is 77.8 Å². The van der Waals surface area contributed by atoms with E-state index in [2.05, 4.69) is 20.2 Å². The number of nitrogens with one attached hydrogen (secondary N) is 1. The number of benzene rings is 1. The van der Waals surface area contributed by atoms with Crippen LogP contribution in [-0.4, -0.2) is 24.6 Å². The molecule has 3 heterocycles. The van der Waals surface area contributed by atoms with Crippen LogP contribution in [0.1, 0.15) is 17.1 Å². The van der Waals surface area contributed by atoms with Gasteiger partial charge in [-0.3, -0.25) is 5.10 Å². The van der Waals surface area contributed by atoms with Crippen LogP contribution >= 0.6 is 11.8 Å². The highest BCUT2D eigenvalue weighted by molar-refractivity contribution is 7.98. The van der Waals surface area contributed by atoms with Crippen molar-refractivity contribution in [2.75, 3.05) is 0 Å². The number of hydrogen-bond donors (Lipinski definition) is 1. The highest BCUT2D eigenvalue weighted by Crippen LogP contribution is 2.19. The van der Waals surface area contributed by atoms with Crippen LogP contribution in [0.25, 0.3) is 17.8 Å². The Bertz CT molecular complexity index is 986. The molecule has 0 saturated heterocycles. The Morgan fingerprint density at radius 1 is 1.08 bits per heavy atom. The number of H-pyrrole nitrogens is 1. The zero-order valence-corrected chi connectivity index (χ0v) is 13.9. The molecule has 1 N–H and O–H groups in total. The topological polar surface area (TPSA) is 58.9 Å². The predicted molar refractivity (Wildman–Crippen MR) is 96.5 cm³/mol. The van der Waals surface area contributed by atoms with Crippen molar-refractivity contribution in [3.8, 4) is 0 Å². The zero-order chi connectivity index (χ0) is 17.1. The molecule has 25 heavy (non-hydrogen) atoms. The summed E-state index contributed by atoms with van der Waals surface area (Å²) in [4.78, 5) is 8.96. The van der Waals surface area contributed by atoms with Gasteiger partial charge in [0, 0.05) is 18.1 Å². The molecule has 7 heteroatoms. The molecule has 4 rings (SSSR count). The molecule has 3 aromatic heterocycles. The summed E-state index contributed by atoms with van der Waals surface area (Å²) in [5.74, 6) is 1.10. The summed E-state index contributed by atoms with van der Waals surface area (Å²) in [6.45, 7) is 0. The summed E-state index contributed by atoms with van der Waals surface area (Å²) in [6, 6.07) is 12.2. The van der Waals surface area contributed by atoms with E-state index in [0.29, 0.717) is 16.7 Å². The van der Waals surface area contributed by atoms with Crippen LogP contribution in [0, 0.1) is 5.82 Å². The summed E-state index contributed by atoms with van der Waals surface area (Å²) >= 11 is 1.52. The van der Waals surface area contributed by atoms with Gasteiger partial charge in [0.15, 0.2) is 0 Å². The maximum Gasteiger partial charge on any atom is 0.209 e. The van der Waals surface area contributed by atoms with Crippen molar-refractivity contribution in [2.24, 2.45) is 0 Å². The van der Waals surface area contributed by atoms with Gasteiger partial charge in [-0.1, -0.05) is 36.0 Å². The monoisotopic (exact) mass is 351 g/mol. The first-order chi connectivity index (χ1) is 12.3. The summed E-state index contributed by atoms with van der Waals surface area (Å²) < 4.78 is 14.9. The molecule has 0 atom stereocenters. The van der Waals surface area contributed by atoms with Crippen molar-refractivity contribution in [1.29, 1.82) is 0 Å². The quantitative estimate of drug-likeness (QED) is 0.551. The van der Waals surface area contributed by atoms with Gasteiger partial charge >= 0.3 is 0 Å². The summed E-state index contributed by atoms with van der Waals surface area (Å²) in [5, 5.41) is 7.74. The summed E-state index contributed by atoms with van der Waals surface area (Å²) in [6.07, 6.45) is 7.65. The van der Waals surface area contributed by atoms with Crippen LogP contribution in [0.3, 0.4) is 0 Å². The minimum Gasteiger partial charge on any atom is -0.307 e. The van der Waals surface area contributed by atoms with Gasteiger partial charge < -0.3 is 4.40 Å². The van der Waals surface area contributed by atoms with E-state index >= 15 is 0 Å². The number of aromatic amines is 1. The molecule has 124 valence electrons. The van der Waals surface area contributed by atoms with E-state index in [9.17, 15) is 4.39 Å². The molecule has 0 aliphatic carbocycles. The van der Waals surface area contributed by atoms with E-state index in [4.69, 9.17) is 0 Å². The number of rotatable bonds is 5. The van der Waals surface area contributed by atoms with Gasteiger partial charge in [0.25, 0.3) is 0 Å². The van der Waals surface area contributed by atoms with Crippen LogP contribution in [-0.2, 0) is 5.75 Å². The van der Waals surface area contributed by atoms with Gasteiger partial charge in [-0.15, -0.1) is 5.10 Å². The Labute approximate surface area is 147 Å². The molecule has 0 spiro atoms. The fourth-order valence-corrected chi connectivity index (χ4v) is 3.03. The summed E-state index contributed by atoms with van der Waals surface area (Å²) in [7, 11) is 0. The zero-order valence-electron chi connectivity index (χ0n) is 13.1. The lowest BCUT2D eigenvalue weighted by atomic mass is 10.2. The standard InChI is InChI=1S/C18H14FN5S/c19-14-7-4-13(5-8-14)6-9-16-21-18(23-22-16)25-12-15-11-24-10-2-1-3-17(24)20-15/h1-11H,12H2,(H,21,22,23)/b9-6+. The van der Waals surface area contributed by atoms with Crippen LogP contribution in [0.4, 0.5) is 4.39 Å². The Morgan fingerprint density at radius 3 is 2.80 bits per heavy atom. The van der Waals surface area contributed by atoms with Gasteiger partial charge in [0.05, 0.1) is 5.69 Å². The lowest BCUT2D eigenvalue weighted by Gasteiger charge is -1.92. The molecule has 4 aromatic rings. The minimum absolute atomic E-state index is 0.248. The smallest absolute Gasteiger partial charge is 0.209 e. The molecule has 0 aliphatic rings. The first kappa shape index (κ1) is 15.6. The maximum absolute atomic E-state index is 12.9. The van der Waals surface area contributed by atoms with Crippen molar-refractivity contribution in [1.82, 2.24) is 24.6 Å². The van der Waals surface area contributed by atoms with Crippen molar-refractivity contribution >= 4 is 29.6 Å². The van der Waals surface area contributed by atoms with Crippen LogP contribution in [0.5, 0.6) is 0 Å². The number of hydrogen-bond acceptors (Lipinski definition) is 4. The number of nitrogens with zero attached hydrogens (tertiary/aromatic N) is 4. The van der Waals surface area contributed by atoms with E-state index in [-0.39, 0.29) is 5.82 Å². The minimum atomic E-state index is -0.248. The first-order valence-corrected chi connectivity index (χ1v) is 8.66. The second kappa shape index (κ2) is 6.90. The van der Waals surface area contributed by atoms with E-state index in [0.717, 1.165) is 16.9 Å². The van der Waals surface area contributed by atoms with E-state index in [1.807, 2.05) is 47.1 Å².